The van der Waals surface area contributed by atoms with Gasteiger partial charge in [0.05, 0.1) is 17.8 Å². The van der Waals surface area contributed by atoms with Crippen LogP contribution in [-0.4, -0.2) is 10.2 Å². The molecule has 2 rings (SSSR count). The fraction of sp³-hybridized carbons (Fsp3) is 0.231. The highest BCUT2D eigenvalue weighted by molar-refractivity contribution is 5.32. The standard InChI is InChI=1S/C11H8FN3O.C2H6/c12-10-5-8(6-13)1-2-9(10)7-16-11-3-4-14-15-11;1-2/h1-5H,7H2,(H,14,15);1-2H3. The molecule has 2 aromatic rings. The van der Waals surface area contributed by atoms with E-state index in [9.17, 15) is 4.39 Å². The Hall–Kier alpha value is -2.35. The Labute approximate surface area is 105 Å². The van der Waals surface area contributed by atoms with Crippen LogP contribution in [0.5, 0.6) is 5.88 Å². The predicted octanol–water partition coefficient (Wildman–Crippen LogP) is 3.03. The van der Waals surface area contributed by atoms with Gasteiger partial charge in [-0.3, -0.25) is 0 Å². The van der Waals surface area contributed by atoms with E-state index in [1.54, 1.807) is 18.3 Å². The summed E-state index contributed by atoms with van der Waals surface area (Å²) in [6.45, 7) is 4.10. The van der Waals surface area contributed by atoms with E-state index in [1.165, 1.54) is 12.1 Å². The highest BCUT2D eigenvalue weighted by Gasteiger charge is 2.04. The number of aromatic amines is 1. The zero-order valence-electron chi connectivity index (χ0n) is 10.3. The van der Waals surface area contributed by atoms with E-state index in [4.69, 9.17) is 10.00 Å². The van der Waals surface area contributed by atoms with Crippen LogP contribution in [0.1, 0.15) is 25.0 Å². The van der Waals surface area contributed by atoms with Crippen molar-refractivity contribution in [3.05, 3.63) is 47.4 Å². The van der Waals surface area contributed by atoms with Crippen LogP contribution in [0, 0.1) is 17.1 Å². The molecule has 0 amide bonds. The Balaban J connectivity index is 0.000000771. The smallest absolute Gasteiger partial charge is 0.209 e. The minimum absolute atomic E-state index is 0.0970. The molecule has 0 radical (unpaired) electrons. The maximum atomic E-state index is 13.4. The van der Waals surface area contributed by atoms with Crippen molar-refractivity contribution in [2.75, 3.05) is 0 Å². The summed E-state index contributed by atoms with van der Waals surface area (Å²) in [5.74, 6) is 0.0299. The third-order valence-electron chi connectivity index (χ3n) is 2.04. The lowest BCUT2D eigenvalue weighted by Gasteiger charge is -2.04. The topological polar surface area (TPSA) is 61.7 Å². The quantitative estimate of drug-likeness (QED) is 0.906. The van der Waals surface area contributed by atoms with Gasteiger partial charge < -0.3 is 4.74 Å². The van der Waals surface area contributed by atoms with E-state index in [1.807, 2.05) is 19.9 Å². The average Bonchev–Trinajstić information content (AvgIpc) is 2.93. The van der Waals surface area contributed by atoms with E-state index in [0.717, 1.165) is 0 Å². The zero-order chi connectivity index (χ0) is 13.4. The average molecular weight is 247 g/mol. The zero-order valence-corrected chi connectivity index (χ0v) is 10.3. The Bertz CT molecular complexity index is 518. The first-order chi connectivity index (χ1) is 8.79. The number of hydrogen-bond donors (Lipinski definition) is 1. The molecule has 0 aliphatic rings. The van der Waals surface area contributed by atoms with Gasteiger partial charge in [-0.25, -0.2) is 9.49 Å². The number of aromatic nitrogens is 2. The number of hydrogen-bond acceptors (Lipinski definition) is 3. The molecule has 94 valence electrons. The normalized spacial score (nSPS) is 9.00. The van der Waals surface area contributed by atoms with Crippen molar-refractivity contribution in [2.45, 2.75) is 20.5 Å². The molecule has 0 saturated heterocycles. The summed E-state index contributed by atoms with van der Waals surface area (Å²) in [5.41, 5.74) is 0.691. The maximum absolute atomic E-state index is 13.4. The van der Waals surface area contributed by atoms with Crippen LogP contribution in [0.4, 0.5) is 4.39 Å². The van der Waals surface area contributed by atoms with Crippen molar-refractivity contribution in [1.82, 2.24) is 10.2 Å². The highest BCUT2D eigenvalue weighted by atomic mass is 19.1. The van der Waals surface area contributed by atoms with Gasteiger partial charge in [-0.15, -0.1) is 0 Å². The number of nitrogens with one attached hydrogen (secondary N) is 1. The van der Waals surface area contributed by atoms with Gasteiger partial charge in [-0.1, -0.05) is 19.9 Å². The van der Waals surface area contributed by atoms with Gasteiger partial charge >= 0.3 is 0 Å². The number of rotatable bonds is 3. The first-order valence-electron chi connectivity index (χ1n) is 5.60. The molecule has 1 N–H and O–H groups in total. The van der Waals surface area contributed by atoms with Crippen molar-refractivity contribution in [2.24, 2.45) is 0 Å². The molecule has 18 heavy (non-hydrogen) atoms. The number of benzene rings is 1. The molecule has 5 heteroatoms. The van der Waals surface area contributed by atoms with Crippen molar-refractivity contribution in [3.63, 3.8) is 0 Å². The van der Waals surface area contributed by atoms with E-state index in [2.05, 4.69) is 10.2 Å². The third kappa shape index (κ3) is 3.59. The lowest BCUT2D eigenvalue weighted by molar-refractivity contribution is 0.287. The molecular formula is C13H14FN3O. The number of nitrogens with zero attached hydrogens (tertiary/aromatic N) is 2. The van der Waals surface area contributed by atoms with Gasteiger partial charge in [0.2, 0.25) is 5.88 Å². The summed E-state index contributed by atoms with van der Waals surface area (Å²) in [6, 6.07) is 7.78. The van der Waals surface area contributed by atoms with Gasteiger partial charge in [0.1, 0.15) is 12.4 Å². The van der Waals surface area contributed by atoms with Crippen molar-refractivity contribution < 1.29 is 9.13 Å². The second-order valence-corrected chi connectivity index (χ2v) is 3.13. The molecular weight excluding hydrogens is 233 g/mol. The SMILES string of the molecule is CC.N#Cc1ccc(COc2ccn[nH]2)c(F)c1. The van der Waals surface area contributed by atoms with Crippen molar-refractivity contribution in [3.8, 4) is 11.9 Å². The van der Waals surface area contributed by atoms with Crippen LogP contribution in [0.25, 0.3) is 0 Å². The Morgan fingerprint density at radius 1 is 1.39 bits per heavy atom. The summed E-state index contributed by atoms with van der Waals surface area (Å²) >= 11 is 0. The summed E-state index contributed by atoms with van der Waals surface area (Å²) < 4.78 is 18.7. The molecule has 0 aliphatic heterocycles. The molecule has 0 atom stereocenters. The minimum atomic E-state index is -0.446. The number of nitriles is 1. The van der Waals surface area contributed by atoms with Crippen LogP contribution in [0.3, 0.4) is 0 Å². The molecule has 0 aliphatic carbocycles. The molecule has 0 saturated carbocycles. The molecule has 1 aromatic heterocycles. The predicted molar refractivity (Wildman–Crippen MR) is 65.4 cm³/mol. The van der Waals surface area contributed by atoms with E-state index < -0.39 is 5.82 Å². The minimum Gasteiger partial charge on any atom is -0.473 e. The van der Waals surface area contributed by atoms with Gasteiger partial charge in [-0.2, -0.15) is 10.4 Å². The summed E-state index contributed by atoms with van der Waals surface area (Å²) in [5, 5.41) is 14.9. The lowest BCUT2D eigenvalue weighted by Crippen LogP contribution is -1.99. The Morgan fingerprint density at radius 3 is 2.72 bits per heavy atom. The molecule has 0 unspecified atom stereocenters. The number of H-pyrrole nitrogens is 1. The number of halogens is 1. The maximum Gasteiger partial charge on any atom is 0.209 e. The lowest BCUT2D eigenvalue weighted by atomic mass is 10.1. The molecule has 1 aromatic carbocycles. The summed E-state index contributed by atoms with van der Waals surface area (Å²) in [4.78, 5) is 0. The van der Waals surface area contributed by atoms with Crippen LogP contribution >= 0.6 is 0 Å². The molecule has 0 spiro atoms. The Kier molecular flexibility index (Phi) is 5.39. The Morgan fingerprint density at radius 2 is 2.17 bits per heavy atom. The molecule has 0 bridgehead atoms. The fourth-order valence-corrected chi connectivity index (χ4v) is 1.21. The number of ether oxygens (including phenoxy) is 1. The van der Waals surface area contributed by atoms with Crippen molar-refractivity contribution in [1.29, 1.82) is 5.26 Å². The summed E-state index contributed by atoms with van der Waals surface area (Å²) in [6.07, 6.45) is 1.55. The second-order valence-electron chi connectivity index (χ2n) is 3.13. The van der Waals surface area contributed by atoms with Gasteiger partial charge in [0.15, 0.2) is 0 Å². The third-order valence-corrected chi connectivity index (χ3v) is 2.04. The fourth-order valence-electron chi connectivity index (χ4n) is 1.21. The first-order valence-corrected chi connectivity index (χ1v) is 5.60. The van der Waals surface area contributed by atoms with Gasteiger partial charge in [0, 0.05) is 11.6 Å². The van der Waals surface area contributed by atoms with Crippen LogP contribution < -0.4 is 4.74 Å². The summed E-state index contributed by atoms with van der Waals surface area (Å²) in [7, 11) is 0. The van der Waals surface area contributed by atoms with E-state index in [0.29, 0.717) is 17.0 Å². The van der Waals surface area contributed by atoms with Crippen molar-refractivity contribution >= 4 is 0 Å². The van der Waals surface area contributed by atoms with E-state index in [-0.39, 0.29) is 6.61 Å². The van der Waals surface area contributed by atoms with Gasteiger partial charge in [0.25, 0.3) is 0 Å². The van der Waals surface area contributed by atoms with Gasteiger partial charge in [-0.05, 0) is 12.1 Å². The largest absolute Gasteiger partial charge is 0.473 e. The van der Waals surface area contributed by atoms with E-state index >= 15 is 0 Å². The highest BCUT2D eigenvalue weighted by Crippen LogP contribution is 2.13. The molecule has 1 heterocycles. The monoisotopic (exact) mass is 247 g/mol. The molecule has 4 nitrogen and oxygen atoms in total. The van der Waals surface area contributed by atoms with Crippen LogP contribution in [-0.2, 0) is 6.61 Å². The molecule has 0 fully saturated rings. The first kappa shape index (κ1) is 13.7. The van der Waals surface area contributed by atoms with Crippen LogP contribution in [0.2, 0.25) is 0 Å². The van der Waals surface area contributed by atoms with Crippen LogP contribution in [0.15, 0.2) is 30.5 Å². The second kappa shape index (κ2) is 7.07.